The fourth-order valence-corrected chi connectivity index (χ4v) is 2.36. The standard InChI is InChI=1S/C9H11N5O2S/c1-2-13-7(5-10)11-12-9(13)6-3-4-8(17-6)14(15)16/h3-4H,2,5,10H2,1H3. The molecule has 0 fully saturated rings. The predicted molar refractivity (Wildman–Crippen MR) is 63.6 cm³/mol. The SMILES string of the molecule is CCn1c(CN)nnc1-c1ccc([N+](=O)[O-])s1. The molecule has 0 unspecified atom stereocenters. The first-order chi connectivity index (χ1) is 8.17. The summed E-state index contributed by atoms with van der Waals surface area (Å²) in [6, 6.07) is 3.15. The lowest BCUT2D eigenvalue weighted by Crippen LogP contribution is -2.07. The van der Waals surface area contributed by atoms with E-state index in [1.165, 1.54) is 6.07 Å². The Morgan fingerprint density at radius 1 is 1.53 bits per heavy atom. The van der Waals surface area contributed by atoms with Crippen molar-refractivity contribution in [2.75, 3.05) is 0 Å². The van der Waals surface area contributed by atoms with Crippen molar-refractivity contribution >= 4 is 16.3 Å². The minimum atomic E-state index is -0.412. The van der Waals surface area contributed by atoms with Crippen LogP contribution in [-0.4, -0.2) is 19.7 Å². The average molecular weight is 253 g/mol. The van der Waals surface area contributed by atoms with Crippen LogP contribution >= 0.6 is 11.3 Å². The number of rotatable bonds is 4. The lowest BCUT2D eigenvalue weighted by molar-refractivity contribution is -0.380. The van der Waals surface area contributed by atoms with Crippen LogP contribution in [0.25, 0.3) is 10.7 Å². The van der Waals surface area contributed by atoms with E-state index in [1.54, 1.807) is 6.07 Å². The molecule has 0 saturated carbocycles. The van der Waals surface area contributed by atoms with E-state index < -0.39 is 4.92 Å². The third-order valence-electron chi connectivity index (χ3n) is 2.32. The van der Waals surface area contributed by atoms with Crippen molar-refractivity contribution in [3.8, 4) is 10.7 Å². The van der Waals surface area contributed by atoms with Gasteiger partial charge in [0.25, 0.3) is 0 Å². The minimum absolute atomic E-state index is 0.0972. The van der Waals surface area contributed by atoms with Crippen molar-refractivity contribution in [2.45, 2.75) is 20.0 Å². The summed E-state index contributed by atoms with van der Waals surface area (Å²) in [6.45, 7) is 2.93. The zero-order chi connectivity index (χ0) is 12.4. The molecule has 90 valence electrons. The average Bonchev–Trinajstić information content (AvgIpc) is 2.94. The van der Waals surface area contributed by atoms with Crippen molar-refractivity contribution in [3.63, 3.8) is 0 Å². The van der Waals surface area contributed by atoms with E-state index in [2.05, 4.69) is 10.2 Å². The highest BCUT2D eigenvalue weighted by Crippen LogP contribution is 2.31. The summed E-state index contributed by atoms with van der Waals surface area (Å²) in [5, 5.41) is 18.7. The van der Waals surface area contributed by atoms with Gasteiger partial charge in [-0.15, -0.1) is 10.2 Å². The Kier molecular flexibility index (Phi) is 3.16. The molecule has 7 nitrogen and oxygen atoms in total. The van der Waals surface area contributed by atoms with Crippen LogP contribution in [0.4, 0.5) is 5.00 Å². The number of hydrogen-bond acceptors (Lipinski definition) is 6. The molecule has 0 bridgehead atoms. The Labute approximate surface area is 101 Å². The van der Waals surface area contributed by atoms with E-state index in [9.17, 15) is 10.1 Å². The first-order valence-electron chi connectivity index (χ1n) is 5.04. The van der Waals surface area contributed by atoms with Crippen molar-refractivity contribution in [1.82, 2.24) is 14.8 Å². The summed E-state index contributed by atoms with van der Waals surface area (Å²) >= 11 is 1.08. The largest absolute Gasteiger partial charge is 0.324 e. The van der Waals surface area contributed by atoms with Gasteiger partial charge in [0.15, 0.2) is 5.82 Å². The molecule has 2 aromatic heterocycles. The van der Waals surface area contributed by atoms with Crippen molar-refractivity contribution < 1.29 is 4.92 Å². The van der Waals surface area contributed by atoms with E-state index in [1.807, 2.05) is 11.5 Å². The van der Waals surface area contributed by atoms with Crippen LogP contribution < -0.4 is 5.73 Å². The Morgan fingerprint density at radius 3 is 2.82 bits per heavy atom. The van der Waals surface area contributed by atoms with Crippen LogP contribution in [0.2, 0.25) is 0 Å². The maximum Gasteiger partial charge on any atom is 0.324 e. The summed E-state index contributed by atoms with van der Waals surface area (Å²) in [5.41, 5.74) is 5.54. The number of thiophene rings is 1. The van der Waals surface area contributed by atoms with Gasteiger partial charge in [-0.2, -0.15) is 0 Å². The van der Waals surface area contributed by atoms with Crippen LogP contribution in [0.5, 0.6) is 0 Å². The van der Waals surface area contributed by atoms with Gasteiger partial charge in [0.05, 0.1) is 16.3 Å². The highest BCUT2D eigenvalue weighted by Gasteiger charge is 2.17. The van der Waals surface area contributed by atoms with Crippen molar-refractivity contribution in [1.29, 1.82) is 0 Å². The van der Waals surface area contributed by atoms with Crippen LogP contribution in [0.3, 0.4) is 0 Å². The van der Waals surface area contributed by atoms with Gasteiger partial charge in [0, 0.05) is 12.6 Å². The molecule has 2 heterocycles. The van der Waals surface area contributed by atoms with Crippen LogP contribution in [-0.2, 0) is 13.1 Å². The highest BCUT2D eigenvalue weighted by atomic mass is 32.1. The van der Waals surface area contributed by atoms with Gasteiger partial charge in [0.2, 0.25) is 0 Å². The van der Waals surface area contributed by atoms with Gasteiger partial charge in [-0.3, -0.25) is 10.1 Å². The van der Waals surface area contributed by atoms with Gasteiger partial charge in [-0.05, 0) is 13.0 Å². The van der Waals surface area contributed by atoms with Crippen LogP contribution in [0.1, 0.15) is 12.7 Å². The third kappa shape index (κ3) is 2.04. The Bertz CT molecular complexity index is 547. The number of aromatic nitrogens is 3. The second kappa shape index (κ2) is 4.60. The molecule has 2 rings (SSSR count). The highest BCUT2D eigenvalue weighted by molar-refractivity contribution is 7.18. The summed E-state index contributed by atoms with van der Waals surface area (Å²) in [6.07, 6.45) is 0. The molecule has 0 radical (unpaired) electrons. The van der Waals surface area contributed by atoms with Crippen LogP contribution in [0, 0.1) is 10.1 Å². The molecular weight excluding hydrogens is 242 g/mol. The predicted octanol–water partition coefficient (Wildman–Crippen LogP) is 1.39. The van der Waals surface area contributed by atoms with E-state index in [0.717, 1.165) is 16.2 Å². The summed E-state index contributed by atoms with van der Waals surface area (Å²) in [4.78, 5) is 10.9. The zero-order valence-electron chi connectivity index (χ0n) is 9.16. The molecule has 0 spiro atoms. The number of nitrogens with two attached hydrogens (primary N) is 1. The monoisotopic (exact) mass is 253 g/mol. The van der Waals surface area contributed by atoms with Gasteiger partial charge in [-0.1, -0.05) is 11.3 Å². The molecule has 0 aliphatic heterocycles. The van der Waals surface area contributed by atoms with Gasteiger partial charge in [-0.25, -0.2) is 0 Å². The topological polar surface area (TPSA) is 99.9 Å². The molecule has 2 aromatic rings. The lowest BCUT2D eigenvalue weighted by Gasteiger charge is -2.03. The Morgan fingerprint density at radius 2 is 2.29 bits per heavy atom. The summed E-state index contributed by atoms with van der Waals surface area (Å²) in [7, 11) is 0. The summed E-state index contributed by atoms with van der Waals surface area (Å²) in [5.74, 6) is 1.31. The Hall–Kier alpha value is -1.80. The maximum absolute atomic E-state index is 10.6. The fourth-order valence-electron chi connectivity index (χ4n) is 1.55. The zero-order valence-corrected chi connectivity index (χ0v) is 9.98. The lowest BCUT2D eigenvalue weighted by atomic mass is 10.4. The molecule has 0 aliphatic rings. The van der Waals surface area contributed by atoms with Gasteiger partial charge in [0.1, 0.15) is 5.82 Å². The van der Waals surface area contributed by atoms with E-state index in [4.69, 9.17) is 5.73 Å². The maximum atomic E-state index is 10.6. The normalized spacial score (nSPS) is 10.7. The quantitative estimate of drug-likeness (QED) is 0.655. The molecule has 0 amide bonds. The van der Waals surface area contributed by atoms with E-state index >= 15 is 0 Å². The van der Waals surface area contributed by atoms with Crippen LogP contribution in [0.15, 0.2) is 12.1 Å². The summed E-state index contributed by atoms with van der Waals surface area (Å²) < 4.78 is 1.86. The molecular formula is C9H11N5O2S. The van der Waals surface area contributed by atoms with Crippen molar-refractivity contribution in [2.24, 2.45) is 5.73 Å². The first kappa shape index (κ1) is 11.7. The van der Waals surface area contributed by atoms with Crippen molar-refractivity contribution in [3.05, 3.63) is 28.1 Å². The number of nitrogens with zero attached hydrogens (tertiary/aromatic N) is 4. The molecule has 0 atom stereocenters. The molecule has 0 aromatic carbocycles. The Balaban J connectivity index is 2.45. The number of nitro groups is 1. The minimum Gasteiger partial charge on any atom is -0.324 e. The molecule has 17 heavy (non-hydrogen) atoms. The molecule has 0 saturated heterocycles. The van der Waals surface area contributed by atoms with E-state index in [0.29, 0.717) is 24.7 Å². The number of hydrogen-bond donors (Lipinski definition) is 1. The van der Waals surface area contributed by atoms with Gasteiger partial charge >= 0.3 is 5.00 Å². The fraction of sp³-hybridized carbons (Fsp3) is 0.333. The van der Waals surface area contributed by atoms with E-state index in [-0.39, 0.29) is 5.00 Å². The second-order valence-corrected chi connectivity index (χ2v) is 4.35. The molecule has 8 heteroatoms. The second-order valence-electron chi connectivity index (χ2n) is 3.28. The molecule has 2 N–H and O–H groups in total. The third-order valence-corrected chi connectivity index (χ3v) is 3.35. The smallest absolute Gasteiger partial charge is 0.324 e. The van der Waals surface area contributed by atoms with Gasteiger partial charge < -0.3 is 10.3 Å². The molecule has 0 aliphatic carbocycles. The first-order valence-corrected chi connectivity index (χ1v) is 5.85.